The number of nitrogen functional groups attached to an aromatic ring is 1. The Balaban J connectivity index is 2.22. The molecule has 3 nitrogen and oxygen atoms in total. The molecule has 0 aliphatic carbocycles. The van der Waals surface area contributed by atoms with Gasteiger partial charge in [-0.3, -0.25) is 0 Å². The van der Waals surface area contributed by atoms with Crippen molar-refractivity contribution in [2.24, 2.45) is 5.92 Å². The Morgan fingerprint density at radius 3 is 2.88 bits per heavy atom. The molecule has 0 aliphatic rings. The lowest BCUT2D eigenvalue weighted by Crippen LogP contribution is -1.93. The first-order chi connectivity index (χ1) is 8.16. The van der Waals surface area contributed by atoms with Gasteiger partial charge in [0.25, 0.3) is 0 Å². The van der Waals surface area contributed by atoms with Gasteiger partial charge in [-0.15, -0.1) is 11.8 Å². The van der Waals surface area contributed by atoms with Crippen molar-refractivity contribution in [3.05, 3.63) is 24.5 Å². The zero-order chi connectivity index (χ0) is 12.3. The number of thioether (sulfide) groups is 1. The Labute approximate surface area is 106 Å². The van der Waals surface area contributed by atoms with E-state index in [0.29, 0.717) is 0 Å². The van der Waals surface area contributed by atoms with E-state index in [1.54, 1.807) is 18.1 Å². The van der Waals surface area contributed by atoms with Crippen LogP contribution in [0.3, 0.4) is 0 Å². The van der Waals surface area contributed by atoms with Crippen LogP contribution in [0.15, 0.2) is 29.6 Å². The molecule has 0 unspecified atom stereocenters. The maximum atomic E-state index is 5.75. The predicted molar refractivity (Wildman–Crippen MR) is 74.1 cm³/mol. The predicted octanol–water partition coefficient (Wildman–Crippen LogP) is 3.35. The van der Waals surface area contributed by atoms with Crippen LogP contribution in [0, 0.1) is 5.92 Å². The number of rotatable bonds is 4. The summed E-state index contributed by atoms with van der Waals surface area (Å²) in [6.45, 7) is 4.47. The second kappa shape index (κ2) is 5.36. The first-order valence-corrected chi connectivity index (χ1v) is 6.78. The molecule has 0 saturated carbocycles. The maximum absolute atomic E-state index is 5.75. The van der Waals surface area contributed by atoms with Crippen molar-refractivity contribution in [3.63, 3.8) is 0 Å². The fraction of sp³-hybridized carbons (Fsp3) is 0.385. The van der Waals surface area contributed by atoms with Gasteiger partial charge in [0.2, 0.25) is 0 Å². The number of aromatic nitrogens is 2. The second-order valence-corrected chi connectivity index (χ2v) is 5.57. The van der Waals surface area contributed by atoms with Gasteiger partial charge >= 0.3 is 0 Å². The molecular formula is C13H17N3S. The van der Waals surface area contributed by atoms with Crippen molar-refractivity contribution in [2.45, 2.75) is 25.3 Å². The third-order valence-corrected chi connectivity index (χ3v) is 3.60. The van der Waals surface area contributed by atoms with E-state index >= 15 is 0 Å². The quantitative estimate of drug-likeness (QED) is 0.511. The molecule has 0 radical (unpaired) electrons. The topological polar surface area (TPSA) is 51.8 Å². The lowest BCUT2D eigenvalue weighted by molar-refractivity contribution is 0.632. The summed E-state index contributed by atoms with van der Waals surface area (Å²) in [6, 6.07) is 5.80. The van der Waals surface area contributed by atoms with E-state index in [1.165, 1.54) is 6.42 Å². The van der Waals surface area contributed by atoms with Crippen molar-refractivity contribution >= 4 is 28.4 Å². The Morgan fingerprint density at radius 2 is 2.12 bits per heavy atom. The van der Waals surface area contributed by atoms with Crippen LogP contribution in [0.5, 0.6) is 0 Å². The summed E-state index contributed by atoms with van der Waals surface area (Å²) in [7, 11) is 0. The van der Waals surface area contributed by atoms with E-state index in [4.69, 9.17) is 5.73 Å². The van der Waals surface area contributed by atoms with Crippen LogP contribution in [0.2, 0.25) is 0 Å². The molecule has 90 valence electrons. The van der Waals surface area contributed by atoms with Crippen LogP contribution in [0.1, 0.15) is 20.3 Å². The lowest BCUT2D eigenvalue weighted by Gasteiger charge is -2.06. The highest BCUT2D eigenvalue weighted by Crippen LogP contribution is 2.26. The van der Waals surface area contributed by atoms with Gasteiger partial charge < -0.3 is 5.73 Å². The fourth-order valence-electron chi connectivity index (χ4n) is 1.56. The minimum atomic E-state index is 0.728. The molecule has 0 aliphatic heterocycles. The average molecular weight is 247 g/mol. The molecule has 1 aromatic carbocycles. The molecule has 0 amide bonds. The normalized spacial score (nSPS) is 11.2. The highest BCUT2D eigenvalue weighted by Gasteiger charge is 2.05. The molecule has 0 atom stereocenters. The Hall–Kier alpha value is -1.29. The van der Waals surface area contributed by atoms with Gasteiger partial charge in [-0.25, -0.2) is 9.97 Å². The number of hydrogen-bond acceptors (Lipinski definition) is 4. The molecule has 17 heavy (non-hydrogen) atoms. The number of fused-ring (bicyclic) bond motifs is 1. The highest BCUT2D eigenvalue weighted by molar-refractivity contribution is 7.99. The van der Waals surface area contributed by atoms with Gasteiger partial charge in [-0.2, -0.15) is 0 Å². The molecule has 4 heteroatoms. The van der Waals surface area contributed by atoms with Gasteiger partial charge in [-0.05, 0) is 36.3 Å². The van der Waals surface area contributed by atoms with Crippen LogP contribution < -0.4 is 5.73 Å². The summed E-state index contributed by atoms with van der Waals surface area (Å²) in [5, 5.41) is 2.14. The molecule has 2 rings (SSSR count). The smallest absolute Gasteiger partial charge is 0.117 e. The Kier molecular flexibility index (Phi) is 3.84. The van der Waals surface area contributed by atoms with E-state index < -0.39 is 0 Å². The van der Waals surface area contributed by atoms with Crippen molar-refractivity contribution in [1.82, 2.24) is 9.97 Å². The van der Waals surface area contributed by atoms with Gasteiger partial charge in [0, 0.05) is 11.1 Å². The molecule has 0 spiro atoms. The largest absolute Gasteiger partial charge is 0.399 e. The Morgan fingerprint density at radius 1 is 1.29 bits per heavy atom. The minimum absolute atomic E-state index is 0.728. The summed E-state index contributed by atoms with van der Waals surface area (Å²) in [5.74, 6) is 1.82. The third-order valence-electron chi connectivity index (χ3n) is 2.56. The van der Waals surface area contributed by atoms with Crippen LogP contribution in [0.4, 0.5) is 5.69 Å². The van der Waals surface area contributed by atoms with Crippen LogP contribution >= 0.6 is 11.8 Å². The fourth-order valence-corrected chi connectivity index (χ4v) is 2.79. The zero-order valence-electron chi connectivity index (χ0n) is 10.2. The summed E-state index contributed by atoms with van der Waals surface area (Å²) < 4.78 is 0. The second-order valence-electron chi connectivity index (χ2n) is 4.49. The molecule has 2 N–H and O–H groups in total. The first-order valence-electron chi connectivity index (χ1n) is 5.80. The van der Waals surface area contributed by atoms with E-state index in [9.17, 15) is 0 Å². The van der Waals surface area contributed by atoms with Gasteiger partial charge in [-0.1, -0.05) is 13.8 Å². The SMILES string of the molecule is CC(C)CCSc1ncnc2cc(N)ccc12. The van der Waals surface area contributed by atoms with Crippen molar-refractivity contribution in [3.8, 4) is 0 Å². The van der Waals surface area contributed by atoms with E-state index in [0.717, 1.165) is 33.3 Å². The van der Waals surface area contributed by atoms with E-state index in [-0.39, 0.29) is 0 Å². The van der Waals surface area contributed by atoms with Gasteiger partial charge in [0.1, 0.15) is 11.4 Å². The first kappa shape index (κ1) is 12.2. The van der Waals surface area contributed by atoms with Gasteiger partial charge in [0.15, 0.2) is 0 Å². The highest BCUT2D eigenvalue weighted by atomic mass is 32.2. The summed E-state index contributed by atoms with van der Waals surface area (Å²) in [5.41, 5.74) is 7.41. The molecule has 1 heterocycles. The number of hydrogen-bond donors (Lipinski definition) is 1. The number of nitrogens with zero attached hydrogens (tertiary/aromatic N) is 2. The summed E-state index contributed by atoms with van der Waals surface area (Å²) in [6.07, 6.45) is 2.81. The molecule has 0 saturated heterocycles. The molecular weight excluding hydrogens is 230 g/mol. The van der Waals surface area contributed by atoms with Crippen molar-refractivity contribution in [1.29, 1.82) is 0 Å². The van der Waals surface area contributed by atoms with Gasteiger partial charge in [0.05, 0.1) is 5.52 Å². The van der Waals surface area contributed by atoms with E-state index in [2.05, 4.69) is 23.8 Å². The minimum Gasteiger partial charge on any atom is -0.399 e. The van der Waals surface area contributed by atoms with Crippen LogP contribution in [-0.2, 0) is 0 Å². The zero-order valence-corrected chi connectivity index (χ0v) is 11.0. The van der Waals surface area contributed by atoms with E-state index in [1.807, 2.05) is 18.2 Å². The van der Waals surface area contributed by atoms with Crippen molar-refractivity contribution < 1.29 is 0 Å². The molecule has 2 aromatic rings. The van der Waals surface area contributed by atoms with Crippen LogP contribution in [0.25, 0.3) is 10.9 Å². The van der Waals surface area contributed by atoms with Crippen LogP contribution in [-0.4, -0.2) is 15.7 Å². The molecule has 0 bridgehead atoms. The molecule has 1 aromatic heterocycles. The summed E-state index contributed by atoms with van der Waals surface area (Å²) >= 11 is 1.79. The number of nitrogens with two attached hydrogens (primary N) is 1. The summed E-state index contributed by atoms with van der Waals surface area (Å²) in [4.78, 5) is 8.59. The average Bonchev–Trinajstić information content (AvgIpc) is 2.28. The lowest BCUT2D eigenvalue weighted by atomic mass is 10.2. The van der Waals surface area contributed by atoms with Crippen molar-refractivity contribution in [2.75, 3.05) is 11.5 Å². The number of anilines is 1. The Bertz CT molecular complexity index is 511. The standard InChI is InChI=1S/C13H17N3S/c1-9(2)5-6-17-13-11-4-3-10(14)7-12(11)15-8-16-13/h3-4,7-9H,5-6,14H2,1-2H3. The molecule has 0 fully saturated rings. The maximum Gasteiger partial charge on any atom is 0.117 e. The number of benzene rings is 1. The monoisotopic (exact) mass is 247 g/mol. The third kappa shape index (κ3) is 3.09.